The third-order valence-electron chi connectivity index (χ3n) is 4.58. The second-order valence-electron chi connectivity index (χ2n) is 7.98. The van der Waals surface area contributed by atoms with Crippen LogP contribution < -0.4 is 0 Å². The molecule has 0 bridgehead atoms. The molecule has 2 atom stereocenters. The Morgan fingerprint density at radius 2 is 1.55 bits per heavy atom. The summed E-state index contributed by atoms with van der Waals surface area (Å²) in [6.45, 7) is 6.55. The molecule has 0 saturated carbocycles. The van der Waals surface area contributed by atoms with Gasteiger partial charge in [-0.3, -0.25) is 9.59 Å². The number of nitrogens with zero attached hydrogens (tertiary/aromatic N) is 1. The van der Waals surface area contributed by atoms with Crippen molar-refractivity contribution in [2.45, 2.75) is 51.0 Å². The summed E-state index contributed by atoms with van der Waals surface area (Å²) in [5, 5.41) is 10.3. The lowest BCUT2D eigenvalue weighted by Crippen LogP contribution is -2.40. The number of hydrogen-bond acceptors (Lipinski definition) is 5. The van der Waals surface area contributed by atoms with Crippen LogP contribution in [0.15, 0.2) is 60.7 Å². The minimum absolute atomic E-state index is 0.0228. The topological polar surface area (TPSA) is 76.4 Å². The van der Waals surface area contributed by atoms with Crippen LogP contribution in [0, 0.1) is 11.3 Å². The average Bonchev–Trinajstić information content (AvgIpc) is 2.68. The van der Waals surface area contributed by atoms with Crippen LogP contribution in [0.4, 0.5) is 0 Å². The van der Waals surface area contributed by atoms with Gasteiger partial charge in [0.15, 0.2) is 0 Å². The van der Waals surface area contributed by atoms with Gasteiger partial charge in [-0.05, 0) is 31.9 Å². The number of benzene rings is 2. The van der Waals surface area contributed by atoms with Crippen molar-refractivity contribution in [1.82, 2.24) is 0 Å². The second-order valence-corrected chi connectivity index (χ2v) is 7.98. The summed E-state index contributed by atoms with van der Waals surface area (Å²) >= 11 is 0. The van der Waals surface area contributed by atoms with Crippen LogP contribution in [-0.2, 0) is 24.5 Å². The molecule has 0 aliphatic heterocycles. The lowest BCUT2D eigenvalue weighted by molar-refractivity contribution is -0.155. The number of ether oxygens (including phenoxy) is 2. The fourth-order valence-corrected chi connectivity index (χ4v) is 3.32. The van der Waals surface area contributed by atoms with Crippen molar-refractivity contribution in [1.29, 1.82) is 5.26 Å². The van der Waals surface area contributed by atoms with E-state index in [1.807, 2.05) is 60.7 Å². The molecule has 29 heavy (non-hydrogen) atoms. The molecule has 152 valence electrons. The first-order valence-corrected chi connectivity index (χ1v) is 9.55. The summed E-state index contributed by atoms with van der Waals surface area (Å²) in [6, 6.07) is 20.8. The summed E-state index contributed by atoms with van der Waals surface area (Å²) in [7, 11) is 0. The maximum absolute atomic E-state index is 12.7. The van der Waals surface area contributed by atoms with Crippen LogP contribution in [0.2, 0.25) is 0 Å². The molecular weight excluding hydrogens is 366 g/mol. The van der Waals surface area contributed by atoms with Crippen molar-refractivity contribution >= 4 is 11.9 Å². The van der Waals surface area contributed by atoms with E-state index in [0.717, 1.165) is 5.56 Å². The maximum atomic E-state index is 12.7. The standard InChI is InChI=1S/C24H27NO4/c1-18(26)28-17-24(16-25,20-13-9-6-10-14-20)21(19-11-7-5-8-12-19)15-22(27)29-23(2,3)4/h5-14,21H,15,17H2,1-4H3/t21-,24+/m1/s1. The molecule has 2 aromatic rings. The molecule has 0 fully saturated rings. The highest BCUT2D eigenvalue weighted by Gasteiger charge is 2.44. The van der Waals surface area contributed by atoms with E-state index >= 15 is 0 Å². The van der Waals surface area contributed by atoms with Crippen LogP contribution >= 0.6 is 0 Å². The molecule has 0 radical (unpaired) electrons. The summed E-state index contributed by atoms with van der Waals surface area (Å²) in [4.78, 5) is 24.3. The summed E-state index contributed by atoms with van der Waals surface area (Å²) in [5.74, 6) is -1.46. The normalized spacial score (nSPS) is 14.2. The van der Waals surface area contributed by atoms with Gasteiger partial charge in [-0.25, -0.2) is 0 Å². The highest BCUT2D eigenvalue weighted by atomic mass is 16.6. The molecule has 2 aromatic carbocycles. The number of esters is 2. The van der Waals surface area contributed by atoms with Gasteiger partial charge < -0.3 is 9.47 Å². The highest BCUT2D eigenvalue weighted by molar-refractivity contribution is 5.72. The smallest absolute Gasteiger partial charge is 0.306 e. The number of carbonyl (C=O) groups is 2. The van der Waals surface area contributed by atoms with E-state index in [2.05, 4.69) is 6.07 Å². The SMILES string of the molecule is CC(=O)OC[C@@](C#N)(c1ccccc1)[C@H](CC(=O)OC(C)(C)C)c1ccccc1. The van der Waals surface area contributed by atoms with Crippen LogP contribution in [0.5, 0.6) is 0 Å². The molecular formula is C24H27NO4. The van der Waals surface area contributed by atoms with Gasteiger partial charge in [-0.1, -0.05) is 60.7 Å². The average molecular weight is 393 g/mol. The van der Waals surface area contributed by atoms with E-state index in [4.69, 9.17) is 9.47 Å². The summed E-state index contributed by atoms with van der Waals surface area (Å²) < 4.78 is 10.9. The lowest BCUT2D eigenvalue weighted by Gasteiger charge is -2.35. The van der Waals surface area contributed by atoms with Crippen LogP contribution in [0.1, 0.15) is 51.2 Å². The van der Waals surface area contributed by atoms with Gasteiger partial charge in [-0.2, -0.15) is 5.26 Å². The van der Waals surface area contributed by atoms with Gasteiger partial charge in [0.25, 0.3) is 0 Å². The fourth-order valence-electron chi connectivity index (χ4n) is 3.32. The van der Waals surface area contributed by atoms with Gasteiger partial charge >= 0.3 is 11.9 Å². The van der Waals surface area contributed by atoms with Crippen LogP contribution in [0.25, 0.3) is 0 Å². The Morgan fingerprint density at radius 3 is 2.03 bits per heavy atom. The minimum atomic E-state index is -1.24. The van der Waals surface area contributed by atoms with E-state index < -0.39 is 28.9 Å². The molecule has 2 rings (SSSR count). The molecule has 0 saturated heterocycles. The summed E-state index contributed by atoms with van der Waals surface area (Å²) in [6.07, 6.45) is -0.0228. The van der Waals surface area contributed by atoms with E-state index in [0.29, 0.717) is 5.56 Å². The molecule has 0 spiro atoms. The van der Waals surface area contributed by atoms with E-state index in [1.165, 1.54) is 6.92 Å². The predicted octanol–water partition coefficient (Wildman–Crippen LogP) is 4.53. The number of rotatable bonds is 7. The van der Waals surface area contributed by atoms with E-state index in [9.17, 15) is 14.9 Å². The molecule has 5 nitrogen and oxygen atoms in total. The van der Waals surface area contributed by atoms with E-state index in [-0.39, 0.29) is 13.0 Å². The Labute approximate surface area is 172 Å². The molecule has 0 unspecified atom stereocenters. The Hall–Kier alpha value is -3.13. The van der Waals surface area contributed by atoms with Crippen molar-refractivity contribution in [3.63, 3.8) is 0 Å². The Balaban J connectivity index is 2.58. The lowest BCUT2D eigenvalue weighted by atomic mass is 9.67. The van der Waals surface area contributed by atoms with Gasteiger partial charge in [-0.15, -0.1) is 0 Å². The Morgan fingerprint density at radius 1 is 1.00 bits per heavy atom. The third kappa shape index (κ3) is 5.92. The zero-order chi connectivity index (χ0) is 21.5. The third-order valence-corrected chi connectivity index (χ3v) is 4.58. The number of hydrogen-bond donors (Lipinski definition) is 0. The van der Waals surface area contributed by atoms with Crippen molar-refractivity contribution in [3.8, 4) is 6.07 Å². The highest BCUT2D eigenvalue weighted by Crippen LogP contribution is 2.42. The molecule has 0 heterocycles. The largest absolute Gasteiger partial charge is 0.464 e. The molecule has 0 aliphatic carbocycles. The zero-order valence-corrected chi connectivity index (χ0v) is 17.3. The Bertz CT molecular complexity index is 865. The molecule has 0 N–H and O–H groups in total. The summed E-state index contributed by atoms with van der Waals surface area (Å²) in [5.41, 5.74) is -0.404. The second kappa shape index (κ2) is 9.38. The minimum Gasteiger partial charge on any atom is -0.464 e. The van der Waals surface area contributed by atoms with Crippen molar-refractivity contribution < 1.29 is 19.1 Å². The number of nitriles is 1. The van der Waals surface area contributed by atoms with Crippen molar-refractivity contribution in [3.05, 3.63) is 71.8 Å². The molecule has 0 aromatic heterocycles. The van der Waals surface area contributed by atoms with Gasteiger partial charge in [0.1, 0.15) is 17.6 Å². The molecule has 0 amide bonds. The van der Waals surface area contributed by atoms with Crippen molar-refractivity contribution in [2.24, 2.45) is 0 Å². The fraction of sp³-hybridized carbons (Fsp3) is 0.375. The van der Waals surface area contributed by atoms with Gasteiger partial charge in [0.05, 0.1) is 12.5 Å². The first-order chi connectivity index (χ1) is 13.7. The molecule has 5 heteroatoms. The first-order valence-electron chi connectivity index (χ1n) is 9.55. The number of carbonyl (C=O) groups excluding carboxylic acids is 2. The first kappa shape index (κ1) is 22.2. The van der Waals surface area contributed by atoms with Crippen LogP contribution in [-0.4, -0.2) is 24.1 Å². The van der Waals surface area contributed by atoms with E-state index in [1.54, 1.807) is 20.8 Å². The van der Waals surface area contributed by atoms with Gasteiger partial charge in [0, 0.05) is 12.8 Å². The van der Waals surface area contributed by atoms with Crippen LogP contribution in [0.3, 0.4) is 0 Å². The quantitative estimate of drug-likeness (QED) is 0.646. The maximum Gasteiger partial charge on any atom is 0.306 e. The Kier molecular flexibility index (Phi) is 7.17. The zero-order valence-electron chi connectivity index (χ0n) is 17.3. The monoisotopic (exact) mass is 393 g/mol. The van der Waals surface area contributed by atoms with Gasteiger partial charge in [0.2, 0.25) is 0 Å². The molecule has 0 aliphatic rings. The predicted molar refractivity (Wildman–Crippen MR) is 110 cm³/mol. The van der Waals surface area contributed by atoms with Crippen molar-refractivity contribution in [2.75, 3.05) is 6.61 Å².